The molecular weight excluding hydrogens is 374 g/mol. The third-order valence-electron chi connectivity index (χ3n) is 4.22. The van der Waals surface area contributed by atoms with Crippen molar-refractivity contribution in [3.63, 3.8) is 0 Å². The Bertz CT molecular complexity index is 532. The summed E-state index contributed by atoms with van der Waals surface area (Å²) in [5.74, 6) is 1.72. The molecule has 3 rings (SSSR count). The molecule has 1 aromatic rings. The van der Waals surface area contributed by atoms with Crippen LogP contribution < -0.4 is 5.32 Å². The predicted octanol–water partition coefficient (Wildman–Crippen LogP) is 4.19. The number of hydrogen-bond donors (Lipinski definition) is 1. The monoisotopic (exact) mass is 390 g/mol. The molecule has 0 aliphatic heterocycles. The van der Waals surface area contributed by atoms with Crippen molar-refractivity contribution in [3.05, 3.63) is 31.6 Å². The van der Waals surface area contributed by atoms with E-state index in [4.69, 9.17) is 0 Å². The highest BCUT2D eigenvalue weighted by Gasteiger charge is 2.41. The van der Waals surface area contributed by atoms with Crippen LogP contribution in [0, 0.1) is 37.3 Å². The van der Waals surface area contributed by atoms with Crippen molar-refractivity contribution in [2.45, 2.75) is 25.7 Å². The first-order valence-electron chi connectivity index (χ1n) is 6.93. The van der Waals surface area contributed by atoms with E-state index in [0.717, 1.165) is 18.4 Å². The van der Waals surface area contributed by atoms with Gasteiger partial charge in [0.25, 0.3) is 5.69 Å². The number of nitrogens with one attached hydrogen (secondary N) is 1. The van der Waals surface area contributed by atoms with Gasteiger partial charge in [-0.2, -0.15) is 0 Å². The van der Waals surface area contributed by atoms with Gasteiger partial charge in [-0.25, -0.2) is 4.39 Å². The van der Waals surface area contributed by atoms with Crippen LogP contribution in [0.15, 0.2) is 12.1 Å². The van der Waals surface area contributed by atoms with Gasteiger partial charge in [0, 0.05) is 18.7 Å². The van der Waals surface area contributed by atoms with Gasteiger partial charge < -0.3 is 5.32 Å². The normalized spacial score (nSPS) is 18.4. The molecule has 20 heavy (non-hydrogen) atoms. The molecule has 0 radical (unpaired) electrons. The summed E-state index contributed by atoms with van der Waals surface area (Å²) >= 11 is 1.78. The van der Waals surface area contributed by atoms with Crippen LogP contribution >= 0.6 is 22.6 Å². The maximum atomic E-state index is 13.6. The fourth-order valence-electron chi connectivity index (χ4n) is 2.82. The summed E-state index contributed by atoms with van der Waals surface area (Å²) < 4.78 is 13.9. The highest BCUT2D eigenvalue weighted by Crippen LogP contribution is 2.49. The summed E-state index contributed by atoms with van der Waals surface area (Å²) in [5, 5.41) is 14.2. The molecule has 0 bridgehead atoms. The van der Waals surface area contributed by atoms with E-state index in [1.807, 2.05) is 0 Å². The van der Waals surface area contributed by atoms with Gasteiger partial charge in [0.2, 0.25) is 0 Å². The average Bonchev–Trinajstić information content (AvgIpc) is 3.26. The number of halogens is 2. The largest absolute Gasteiger partial charge is 0.379 e. The standard InChI is InChI=1S/C14H16FIN2O2/c15-11-5-13(14(18(19)20)6-12(11)16)17-7-10(8-1-2-8)9-3-4-9/h5-6,8-10,17H,1-4,7H2. The second-order valence-corrected chi connectivity index (χ2v) is 6.92. The lowest BCUT2D eigenvalue weighted by Gasteiger charge is -2.17. The Morgan fingerprint density at radius 3 is 2.45 bits per heavy atom. The Hall–Kier alpha value is -0.920. The summed E-state index contributed by atoms with van der Waals surface area (Å²) in [6.45, 7) is 0.718. The van der Waals surface area contributed by atoms with E-state index in [1.165, 1.54) is 37.8 Å². The van der Waals surface area contributed by atoms with Crippen LogP contribution in [-0.2, 0) is 0 Å². The van der Waals surface area contributed by atoms with Gasteiger partial charge in [-0.15, -0.1) is 0 Å². The summed E-state index contributed by atoms with van der Waals surface area (Å²) in [6, 6.07) is 2.54. The maximum Gasteiger partial charge on any atom is 0.293 e. The highest BCUT2D eigenvalue weighted by molar-refractivity contribution is 14.1. The Morgan fingerprint density at radius 1 is 1.35 bits per heavy atom. The van der Waals surface area contributed by atoms with Crippen molar-refractivity contribution in [1.29, 1.82) is 0 Å². The first-order chi connectivity index (χ1) is 9.56. The number of benzene rings is 1. The number of anilines is 1. The van der Waals surface area contributed by atoms with E-state index >= 15 is 0 Å². The van der Waals surface area contributed by atoms with Crippen LogP contribution in [0.25, 0.3) is 0 Å². The molecule has 0 amide bonds. The fourth-order valence-corrected chi connectivity index (χ4v) is 3.27. The van der Waals surface area contributed by atoms with Gasteiger partial charge in [0.1, 0.15) is 11.5 Å². The number of nitrogens with zero attached hydrogens (tertiary/aromatic N) is 1. The zero-order valence-corrected chi connectivity index (χ0v) is 13.1. The molecule has 4 nitrogen and oxygen atoms in total. The number of nitro groups is 1. The molecule has 0 spiro atoms. The van der Waals surface area contributed by atoms with Gasteiger partial charge in [-0.1, -0.05) is 0 Å². The Kier molecular flexibility index (Phi) is 3.83. The Labute approximate surface area is 130 Å². The molecule has 108 valence electrons. The smallest absolute Gasteiger partial charge is 0.293 e. The lowest BCUT2D eigenvalue weighted by molar-refractivity contribution is -0.384. The van der Waals surface area contributed by atoms with Crippen molar-refractivity contribution >= 4 is 34.0 Å². The second kappa shape index (κ2) is 5.46. The van der Waals surface area contributed by atoms with Crippen molar-refractivity contribution in [2.75, 3.05) is 11.9 Å². The van der Waals surface area contributed by atoms with Gasteiger partial charge in [-0.05, 0) is 66.0 Å². The molecule has 0 aromatic heterocycles. The first kappa shape index (κ1) is 14.0. The summed E-state index contributed by atoms with van der Waals surface area (Å²) in [7, 11) is 0. The summed E-state index contributed by atoms with van der Waals surface area (Å²) in [6.07, 6.45) is 5.08. The zero-order valence-electron chi connectivity index (χ0n) is 10.9. The van der Waals surface area contributed by atoms with Crippen molar-refractivity contribution < 1.29 is 9.31 Å². The highest BCUT2D eigenvalue weighted by atomic mass is 127. The van der Waals surface area contributed by atoms with Crippen LogP contribution in [-0.4, -0.2) is 11.5 Å². The van der Waals surface area contributed by atoms with Crippen LogP contribution in [0.3, 0.4) is 0 Å². The molecule has 1 N–H and O–H groups in total. The molecule has 1 aromatic carbocycles. The first-order valence-corrected chi connectivity index (χ1v) is 8.01. The zero-order chi connectivity index (χ0) is 14.3. The number of nitro benzene ring substituents is 1. The molecule has 0 saturated heterocycles. The molecule has 0 unspecified atom stereocenters. The fraction of sp³-hybridized carbons (Fsp3) is 0.571. The van der Waals surface area contributed by atoms with Crippen LogP contribution in [0.4, 0.5) is 15.8 Å². The molecule has 2 saturated carbocycles. The SMILES string of the molecule is O=[N+]([O-])c1cc(I)c(F)cc1NCC(C1CC1)C1CC1. The van der Waals surface area contributed by atoms with Crippen molar-refractivity contribution in [3.8, 4) is 0 Å². The van der Waals surface area contributed by atoms with Crippen LogP contribution in [0.1, 0.15) is 25.7 Å². The van der Waals surface area contributed by atoms with E-state index in [9.17, 15) is 14.5 Å². The van der Waals surface area contributed by atoms with Crippen LogP contribution in [0.2, 0.25) is 0 Å². The molecule has 2 fully saturated rings. The third-order valence-corrected chi connectivity index (χ3v) is 5.05. The minimum absolute atomic E-state index is 0.0406. The predicted molar refractivity (Wildman–Crippen MR) is 83.2 cm³/mol. The maximum absolute atomic E-state index is 13.6. The molecule has 2 aliphatic carbocycles. The van der Waals surface area contributed by atoms with Crippen LogP contribution in [0.5, 0.6) is 0 Å². The van der Waals surface area contributed by atoms with E-state index in [-0.39, 0.29) is 9.26 Å². The lowest BCUT2D eigenvalue weighted by atomic mass is 9.98. The lowest BCUT2D eigenvalue weighted by Crippen LogP contribution is -2.19. The van der Waals surface area contributed by atoms with E-state index < -0.39 is 10.7 Å². The second-order valence-electron chi connectivity index (χ2n) is 5.76. The van der Waals surface area contributed by atoms with Gasteiger partial charge >= 0.3 is 0 Å². The van der Waals surface area contributed by atoms with Gasteiger partial charge in [-0.3, -0.25) is 10.1 Å². The summed E-state index contributed by atoms with van der Waals surface area (Å²) in [4.78, 5) is 10.6. The Balaban J connectivity index is 1.75. The van der Waals surface area contributed by atoms with Gasteiger partial charge in [0.05, 0.1) is 8.49 Å². The quantitative estimate of drug-likeness (QED) is 0.450. The minimum Gasteiger partial charge on any atom is -0.379 e. The van der Waals surface area contributed by atoms with Gasteiger partial charge in [0.15, 0.2) is 0 Å². The third kappa shape index (κ3) is 3.05. The average molecular weight is 390 g/mol. The van der Waals surface area contributed by atoms with Crippen molar-refractivity contribution in [1.82, 2.24) is 0 Å². The van der Waals surface area contributed by atoms with E-state index in [2.05, 4.69) is 5.32 Å². The van der Waals surface area contributed by atoms with E-state index in [0.29, 0.717) is 11.6 Å². The number of rotatable bonds is 6. The molecular formula is C14H16FIN2O2. The molecule has 6 heteroatoms. The summed E-state index contributed by atoms with van der Waals surface area (Å²) in [5.41, 5.74) is 0.264. The van der Waals surface area contributed by atoms with E-state index in [1.54, 1.807) is 22.6 Å². The van der Waals surface area contributed by atoms with Crippen molar-refractivity contribution in [2.24, 2.45) is 17.8 Å². The molecule has 0 heterocycles. The minimum atomic E-state index is -0.451. The molecule has 0 atom stereocenters. The molecule has 2 aliphatic rings. The Morgan fingerprint density at radius 2 is 1.95 bits per heavy atom. The topological polar surface area (TPSA) is 55.2 Å². The number of hydrogen-bond acceptors (Lipinski definition) is 3.